The van der Waals surface area contributed by atoms with Gasteiger partial charge in [-0.3, -0.25) is 9.69 Å². The van der Waals surface area contributed by atoms with Gasteiger partial charge in [0.15, 0.2) is 0 Å². The molecular formula is C15H23N3O. The van der Waals surface area contributed by atoms with Gasteiger partial charge in [-0.25, -0.2) is 0 Å². The first-order valence-corrected chi connectivity index (χ1v) is 6.98. The van der Waals surface area contributed by atoms with Gasteiger partial charge < -0.3 is 11.1 Å². The molecule has 0 bridgehead atoms. The molecule has 1 aliphatic rings. The zero-order chi connectivity index (χ0) is 13.7. The largest absolute Gasteiger partial charge is 0.325 e. The molecule has 1 amide bonds. The lowest BCUT2D eigenvalue weighted by Gasteiger charge is -2.30. The molecule has 1 aromatic rings. The van der Waals surface area contributed by atoms with E-state index in [2.05, 4.69) is 29.3 Å². The van der Waals surface area contributed by atoms with Crippen molar-refractivity contribution in [1.82, 2.24) is 4.90 Å². The maximum atomic E-state index is 11.2. The smallest absolute Gasteiger partial charge is 0.238 e. The van der Waals surface area contributed by atoms with Gasteiger partial charge in [0.25, 0.3) is 0 Å². The van der Waals surface area contributed by atoms with Crippen LogP contribution in [0.25, 0.3) is 0 Å². The summed E-state index contributed by atoms with van der Waals surface area (Å²) in [6.07, 6.45) is 2.59. The first-order valence-electron chi connectivity index (χ1n) is 6.98. The third-order valence-corrected chi connectivity index (χ3v) is 3.71. The third kappa shape index (κ3) is 4.33. The van der Waals surface area contributed by atoms with Crippen molar-refractivity contribution in [3.63, 3.8) is 0 Å². The van der Waals surface area contributed by atoms with E-state index >= 15 is 0 Å². The van der Waals surface area contributed by atoms with E-state index in [1.165, 1.54) is 31.5 Å². The van der Waals surface area contributed by atoms with Gasteiger partial charge in [0.05, 0.1) is 6.54 Å². The number of hydrogen-bond donors (Lipinski definition) is 2. The zero-order valence-corrected chi connectivity index (χ0v) is 11.6. The van der Waals surface area contributed by atoms with Crippen LogP contribution in [-0.2, 0) is 11.3 Å². The summed E-state index contributed by atoms with van der Waals surface area (Å²) in [6.45, 7) is 5.72. The van der Waals surface area contributed by atoms with E-state index in [1.807, 2.05) is 12.1 Å². The van der Waals surface area contributed by atoms with Crippen LogP contribution in [0.5, 0.6) is 0 Å². The van der Waals surface area contributed by atoms with E-state index in [-0.39, 0.29) is 12.5 Å². The second-order valence-corrected chi connectivity index (χ2v) is 5.41. The van der Waals surface area contributed by atoms with Gasteiger partial charge in [0, 0.05) is 12.2 Å². The van der Waals surface area contributed by atoms with Crippen LogP contribution < -0.4 is 11.1 Å². The number of piperidine rings is 1. The molecule has 19 heavy (non-hydrogen) atoms. The van der Waals surface area contributed by atoms with Gasteiger partial charge in [0.2, 0.25) is 5.91 Å². The highest BCUT2D eigenvalue weighted by molar-refractivity contribution is 5.92. The number of anilines is 1. The lowest BCUT2D eigenvalue weighted by molar-refractivity contribution is -0.114. The molecule has 1 aromatic carbocycles. The second-order valence-electron chi connectivity index (χ2n) is 5.41. The van der Waals surface area contributed by atoms with E-state index < -0.39 is 0 Å². The van der Waals surface area contributed by atoms with Crippen LogP contribution in [0.4, 0.5) is 5.69 Å². The predicted octanol–water partition coefficient (Wildman–Crippen LogP) is 1.82. The van der Waals surface area contributed by atoms with Gasteiger partial charge in [-0.1, -0.05) is 19.1 Å². The molecular weight excluding hydrogens is 238 g/mol. The van der Waals surface area contributed by atoms with E-state index in [0.29, 0.717) is 0 Å². The van der Waals surface area contributed by atoms with Crippen molar-refractivity contribution in [3.05, 3.63) is 29.8 Å². The van der Waals surface area contributed by atoms with Gasteiger partial charge in [-0.2, -0.15) is 0 Å². The summed E-state index contributed by atoms with van der Waals surface area (Å²) in [6, 6.07) is 8.03. The van der Waals surface area contributed by atoms with Gasteiger partial charge >= 0.3 is 0 Å². The molecule has 0 unspecified atom stereocenters. The monoisotopic (exact) mass is 261 g/mol. The topological polar surface area (TPSA) is 58.4 Å². The fraction of sp³-hybridized carbons (Fsp3) is 0.533. The van der Waals surface area contributed by atoms with Crippen LogP contribution in [0.15, 0.2) is 24.3 Å². The predicted molar refractivity (Wildman–Crippen MR) is 77.8 cm³/mol. The number of likely N-dealkylation sites (tertiary alicyclic amines) is 1. The molecule has 0 saturated carbocycles. The second kappa shape index (κ2) is 6.68. The summed E-state index contributed by atoms with van der Waals surface area (Å²) in [4.78, 5) is 13.7. The third-order valence-electron chi connectivity index (χ3n) is 3.71. The Morgan fingerprint density at radius 3 is 2.53 bits per heavy atom. The van der Waals surface area contributed by atoms with Crippen molar-refractivity contribution in [1.29, 1.82) is 0 Å². The first kappa shape index (κ1) is 14.0. The Hall–Kier alpha value is -1.39. The number of amides is 1. The molecule has 104 valence electrons. The maximum absolute atomic E-state index is 11.2. The number of nitrogens with one attached hydrogen (secondary N) is 1. The highest BCUT2D eigenvalue weighted by atomic mass is 16.1. The van der Waals surface area contributed by atoms with Gasteiger partial charge in [-0.05, 0) is 49.5 Å². The average Bonchev–Trinajstić information content (AvgIpc) is 2.43. The van der Waals surface area contributed by atoms with Crippen molar-refractivity contribution < 1.29 is 4.79 Å². The minimum absolute atomic E-state index is 0.0215. The van der Waals surface area contributed by atoms with Crippen molar-refractivity contribution in [2.75, 3.05) is 25.0 Å². The molecule has 0 spiro atoms. The maximum Gasteiger partial charge on any atom is 0.238 e. The highest BCUT2D eigenvalue weighted by Gasteiger charge is 2.15. The van der Waals surface area contributed by atoms with Crippen molar-refractivity contribution in [2.45, 2.75) is 26.3 Å². The number of rotatable bonds is 4. The summed E-state index contributed by atoms with van der Waals surface area (Å²) in [5, 5.41) is 2.75. The Labute approximate surface area is 115 Å². The van der Waals surface area contributed by atoms with Crippen LogP contribution in [0.3, 0.4) is 0 Å². The zero-order valence-electron chi connectivity index (χ0n) is 11.6. The number of nitrogens with two attached hydrogens (primary N) is 1. The van der Waals surface area contributed by atoms with Crippen molar-refractivity contribution in [2.24, 2.45) is 11.7 Å². The Bertz CT molecular complexity index is 408. The molecule has 1 saturated heterocycles. The van der Waals surface area contributed by atoms with Crippen LogP contribution in [0.2, 0.25) is 0 Å². The molecule has 1 aliphatic heterocycles. The number of carbonyl (C=O) groups is 1. The Morgan fingerprint density at radius 1 is 1.32 bits per heavy atom. The molecule has 0 aromatic heterocycles. The molecule has 4 heteroatoms. The summed E-state index contributed by atoms with van der Waals surface area (Å²) < 4.78 is 0. The SMILES string of the molecule is CC1CCN(Cc2ccc(NC(=O)CN)cc2)CC1. The van der Waals surface area contributed by atoms with E-state index in [4.69, 9.17) is 5.73 Å². The molecule has 0 atom stereocenters. The van der Waals surface area contributed by atoms with Crippen LogP contribution in [0, 0.1) is 5.92 Å². The molecule has 0 radical (unpaired) electrons. The standard InChI is InChI=1S/C15H23N3O/c1-12-6-8-18(9-7-12)11-13-2-4-14(5-3-13)17-15(19)10-16/h2-5,12H,6-11,16H2,1H3,(H,17,19). The average molecular weight is 261 g/mol. The molecule has 1 heterocycles. The van der Waals surface area contributed by atoms with Crippen LogP contribution >= 0.6 is 0 Å². The van der Waals surface area contributed by atoms with Crippen LogP contribution in [0.1, 0.15) is 25.3 Å². The summed E-state index contributed by atoms with van der Waals surface area (Å²) in [7, 11) is 0. The quantitative estimate of drug-likeness (QED) is 0.869. The lowest BCUT2D eigenvalue weighted by atomic mass is 9.99. The Balaban J connectivity index is 1.86. The minimum atomic E-state index is -0.155. The van der Waals surface area contributed by atoms with Gasteiger partial charge in [0.1, 0.15) is 0 Å². The Morgan fingerprint density at radius 2 is 1.95 bits per heavy atom. The fourth-order valence-corrected chi connectivity index (χ4v) is 2.38. The molecule has 0 aliphatic carbocycles. The van der Waals surface area contributed by atoms with E-state index in [0.717, 1.165) is 18.2 Å². The molecule has 2 rings (SSSR count). The molecule has 1 fully saturated rings. The Kier molecular flexibility index (Phi) is 4.93. The normalized spacial score (nSPS) is 17.4. The van der Waals surface area contributed by atoms with Gasteiger partial charge in [-0.15, -0.1) is 0 Å². The lowest BCUT2D eigenvalue weighted by Crippen LogP contribution is -2.32. The van der Waals surface area contributed by atoms with Crippen molar-refractivity contribution in [3.8, 4) is 0 Å². The summed E-state index contributed by atoms with van der Waals surface area (Å²) in [5.41, 5.74) is 7.37. The summed E-state index contributed by atoms with van der Waals surface area (Å²) in [5.74, 6) is 0.711. The summed E-state index contributed by atoms with van der Waals surface area (Å²) >= 11 is 0. The first-order chi connectivity index (χ1) is 9.17. The molecule has 3 N–H and O–H groups in total. The van der Waals surface area contributed by atoms with E-state index in [1.54, 1.807) is 0 Å². The number of hydrogen-bond acceptors (Lipinski definition) is 3. The highest BCUT2D eigenvalue weighted by Crippen LogP contribution is 2.18. The van der Waals surface area contributed by atoms with Crippen LogP contribution in [-0.4, -0.2) is 30.4 Å². The number of benzene rings is 1. The van der Waals surface area contributed by atoms with E-state index in [9.17, 15) is 4.79 Å². The number of nitrogens with zero attached hydrogens (tertiary/aromatic N) is 1. The van der Waals surface area contributed by atoms with Crippen molar-refractivity contribution >= 4 is 11.6 Å². The fourth-order valence-electron chi connectivity index (χ4n) is 2.38. The number of carbonyl (C=O) groups excluding carboxylic acids is 1. The minimum Gasteiger partial charge on any atom is -0.325 e. The molecule has 4 nitrogen and oxygen atoms in total.